The van der Waals surface area contributed by atoms with Gasteiger partial charge in [-0.05, 0) is 25.3 Å². The lowest BCUT2D eigenvalue weighted by molar-refractivity contribution is -0.0284. The summed E-state index contributed by atoms with van der Waals surface area (Å²) in [5.74, 6) is 1.62. The molecule has 158 valence electrons. The van der Waals surface area contributed by atoms with Gasteiger partial charge in [0, 0.05) is 51.9 Å². The van der Waals surface area contributed by atoms with Crippen molar-refractivity contribution in [2.75, 3.05) is 52.9 Å². The number of ether oxygens (including phenoxy) is 1. The predicted molar refractivity (Wildman–Crippen MR) is 111 cm³/mol. The van der Waals surface area contributed by atoms with E-state index in [2.05, 4.69) is 39.7 Å². The Kier molecular flexibility index (Phi) is 9.30. The summed E-state index contributed by atoms with van der Waals surface area (Å²) in [6.45, 7) is 12.2. The smallest absolute Gasteiger partial charge is 0.287 e. The Morgan fingerprint density at radius 1 is 1.32 bits per heavy atom. The van der Waals surface area contributed by atoms with Gasteiger partial charge in [0.05, 0.1) is 19.0 Å². The van der Waals surface area contributed by atoms with Gasteiger partial charge in [-0.2, -0.15) is 0 Å². The fourth-order valence-corrected chi connectivity index (χ4v) is 3.20. The fourth-order valence-electron chi connectivity index (χ4n) is 3.20. The molecule has 0 saturated carbocycles. The van der Waals surface area contributed by atoms with Crippen molar-refractivity contribution < 1.29 is 13.9 Å². The van der Waals surface area contributed by atoms with Crippen molar-refractivity contribution in [3.63, 3.8) is 0 Å². The highest BCUT2D eigenvalue weighted by Crippen LogP contribution is 2.08. The molecule has 28 heavy (non-hydrogen) atoms. The number of aryl methyl sites for hydroxylation is 1. The average Bonchev–Trinajstić information content (AvgIpc) is 3.09. The number of carbonyl (C=O) groups is 1. The van der Waals surface area contributed by atoms with Gasteiger partial charge >= 0.3 is 0 Å². The third-order valence-corrected chi connectivity index (χ3v) is 4.57. The number of nitrogens with one attached hydrogen (secondary N) is 3. The van der Waals surface area contributed by atoms with Gasteiger partial charge in [-0.1, -0.05) is 13.8 Å². The Bertz CT molecular complexity index is 629. The lowest BCUT2D eigenvalue weighted by Gasteiger charge is -2.34. The maximum atomic E-state index is 12.0. The number of rotatable bonds is 9. The fraction of sp³-hybridized carbons (Fsp3) is 0.700. The molecule has 0 aromatic carbocycles. The van der Waals surface area contributed by atoms with Crippen LogP contribution in [0.3, 0.4) is 0 Å². The third kappa shape index (κ3) is 7.52. The van der Waals surface area contributed by atoms with Gasteiger partial charge in [0.25, 0.3) is 5.91 Å². The molecule has 1 fully saturated rings. The first-order chi connectivity index (χ1) is 13.5. The number of aliphatic imine (C=N–C) groups is 1. The summed E-state index contributed by atoms with van der Waals surface area (Å²) in [4.78, 5) is 18.7. The number of amides is 1. The molecule has 1 aliphatic heterocycles. The van der Waals surface area contributed by atoms with Crippen LogP contribution in [0, 0.1) is 12.8 Å². The van der Waals surface area contributed by atoms with E-state index in [1.165, 1.54) is 6.26 Å². The van der Waals surface area contributed by atoms with Crippen LogP contribution in [0.5, 0.6) is 0 Å². The van der Waals surface area contributed by atoms with Crippen molar-refractivity contribution in [1.82, 2.24) is 20.9 Å². The van der Waals surface area contributed by atoms with E-state index >= 15 is 0 Å². The van der Waals surface area contributed by atoms with Crippen LogP contribution >= 0.6 is 0 Å². The SMILES string of the molecule is CN=C(NCCCNC(=O)c1occc1C)NCC1CN(CC(C)C)CCO1. The minimum absolute atomic E-state index is 0.168. The molecule has 0 radical (unpaired) electrons. The first-order valence-electron chi connectivity index (χ1n) is 10.1. The van der Waals surface area contributed by atoms with Crippen LogP contribution in [-0.2, 0) is 4.74 Å². The summed E-state index contributed by atoms with van der Waals surface area (Å²) in [7, 11) is 1.75. The van der Waals surface area contributed by atoms with Crippen molar-refractivity contribution in [2.45, 2.75) is 33.3 Å². The quantitative estimate of drug-likeness (QED) is 0.332. The van der Waals surface area contributed by atoms with E-state index in [9.17, 15) is 4.79 Å². The molecule has 8 nitrogen and oxygen atoms in total. The molecule has 3 N–H and O–H groups in total. The summed E-state index contributed by atoms with van der Waals surface area (Å²) in [5, 5.41) is 9.46. The normalized spacial score (nSPS) is 18.3. The molecule has 1 aromatic rings. The molecular weight excluding hydrogens is 358 g/mol. The van der Waals surface area contributed by atoms with Gasteiger partial charge in [-0.15, -0.1) is 0 Å². The largest absolute Gasteiger partial charge is 0.459 e. The molecule has 0 bridgehead atoms. The van der Waals surface area contributed by atoms with Crippen LogP contribution in [0.15, 0.2) is 21.7 Å². The maximum absolute atomic E-state index is 12.0. The zero-order chi connectivity index (χ0) is 20.4. The Balaban J connectivity index is 1.60. The molecule has 8 heteroatoms. The highest BCUT2D eigenvalue weighted by Gasteiger charge is 2.21. The van der Waals surface area contributed by atoms with Crippen molar-refractivity contribution in [1.29, 1.82) is 0 Å². The van der Waals surface area contributed by atoms with Crippen LogP contribution in [0.1, 0.15) is 36.4 Å². The molecule has 1 unspecified atom stereocenters. The number of carbonyl (C=O) groups excluding carboxylic acids is 1. The summed E-state index contributed by atoms with van der Waals surface area (Å²) in [6, 6.07) is 1.78. The first kappa shape index (κ1) is 22.2. The third-order valence-electron chi connectivity index (χ3n) is 4.57. The maximum Gasteiger partial charge on any atom is 0.287 e. The van der Waals surface area contributed by atoms with Gasteiger partial charge in [0.15, 0.2) is 11.7 Å². The number of furan rings is 1. The van der Waals surface area contributed by atoms with Crippen LogP contribution in [-0.4, -0.2) is 75.8 Å². The molecule has 1 aromatic heterocycles. The van der Waals surface area contributed by atoms with Gasteiger partial charge in [0.2, 0.25) is 0 Å². The van der Waals surface area contributed by atoms with E-state index in [0.717, 1.165) is 50.7 Å². The van der Waals surface area contributed by atoms with Gasteiger partial charge in [-0.3, -0.25) is 14.7 Å². The summed E-state index contributed by atoms with van der Waals surface area (Å²) in [5.41, 5.74) is 0.845. The highest BCUT2D eigenvalue weighted by molar-refractivity contribution is 5.92. The summed E-state index contributed by atoms with van der Waals surface area (Å²) >= 11 is 0. The molecule has 1 amide bonds. The first-order valence-corrected chi connectivity index (χ1v) is 10.1. The van der Waals surface area contributed by atoms with Crippen LogP contribution in [0.2, 0.25) is 0 Å². The minimum Gasteiger partial charge on any atom is -0.459 e. The van der Waals surface area contributed by atoms with E-state index in [-0.39, 0.29) is 12.0 Å². The summed E-state index contributed by atoms with van der Waals surface area (Å²) in [6.07, 6.45) is 2.48. The molecular formula is C20H35N5O3. The van der Waals surface area contributed by atoms with E-state index in [4.69, 9.17) is 9.15 Å². The summed E-state index contributed by atoms with van der Waals surface area (Å²) < 4.78 is 11.0. The molecule has 2 heterocycles. The number of hydrogen-bond acceptors (Lipinski definition) is 5. The molecule has 1 aliphatic rings. The second-order valence-corrected chi connectivity index (χ2v) is 7.57. The zero-order valence-electron chi connectivity index (χ0n) is 17.6. The number of guanidine groups is 1. The van der Waals surface area contributed by atoms with E-state index in [1.54, 1.807) is 13.1 Å². The second-order valence-electron chi connectivity index (χ2n) is 7.57. The average molecular weight is 394 g/mol. The van der Waals surface area contributed by atoms with Gasteiger partial charge in [0.1, 0.15) is 0 Å². The van der Waals surface area contributed by atoms with Crippen LogP contribution < -0.4 is 16.0 Å². The minimum atomic E-state index is -0.176. The molecule has 2 rings (SSSR count). The van der Waals surface area contributed by atoms with Crippen LogP contribution in [0.4, 0.5) is 0 Å². The Labute approximate surface area is 168 Å². The molecule has 1 atom stereocenters. The molecule has 1 saturated heterocycles. The topological polar surface area (TPSA) is 91.1 Å². The number of hydrogen-bond donors (Lipinski definition) is 3. The Hall–Kier alpha value is -2.06. The van der Waals surface area contributed by atoms with Crippen molar-refractivity contribution in [2.24, 2.45) is 10.9 Å². The zero-order valence-corrected chi connectivity index (χ0v) is 17.6. The van der Waals surface area contributed by atoms with Crippen molar-refractivity contribution >= 4 is 11.9 Å². The second kappa shape index (κ2) is 11.7. The van der Waals surface area contributed by atoms with Gasteiger partial charge in [-0.25, -0.2) is 0 Å². The number of morpholine rings is 1. The van der Waals surface area contributed by atoms with Crippen molar-refractivity contribution in [3.8, 4) is 0 Å². The molecule has 0 spiro atoms. The van der Waals surface area contributed by atoms with Crippen molar-refractivity contribution in [3.05, 3.63) is 23.7 Å². The van der Waals surface area contributed by atoms with E-state index in [0.29, 0.717) is 24.8 Å². The lowest BCUT2D eigenvalue weighted by Crippen LogP contribution is -2.50. The lowest BCUT2D eigenvalue weighted by atomic mass is 10.2. The van der Waals surface area contributed by atoms with E-state index < -0.39 is 0 Å². The number of nitrogens with zero attached hydrogens (tertiary/aromatic N) is 2. The highest BCUT2D eigenvalue weighted by atomic mass is 16.5. The Morgan fingerprint density at radius 2 is 2.11 bits per heavy atom. The Morgan fingerprint density at radius 3 is 2.79 bits per heavy atom. The monoisotopic (exact) mass is 393 g/mol. The predicted octanol–water partition coefficient (Wildman–Crippen LogP) is 1.23. The standard InChI is InChI=1S/C20H35N5O3/c1-15(2)13-25-9-11-27-17(14-25)12-24-20(21-4)23-8-5-7-22-19(26)18-16(3)6-10-28-18/h6,10,15,17H,5,7-9,11-14H2,1-4H3,(H,22,26)(H2,21,23,24). The molecule has 0 aliphatic carbocycles. The van der Waals surface area contributed by atoms with Gasteiger partial charge < -0.3 is 25.1 Å². The van der Waals surface area contributed by atoms with Crippen LogP contribution in [0.25, 0.3) is 0 Å². The van der Waals surface area contributed by atoms with E-state index in [1.807, 2.05) is 6.92 Å².